The molecule has 126 valence electrons. The number of carbonyl (C=O) groups is 2. The molecule has 0 aliphatic heterocycles. The summed E-state index contributed by atoms with van der Waals surface area (Å²) in [4.78, 5) is 32.5. The number of carbonyl (C=O) groups excluding carboxylic acids is 2. The quantitative estimate of drug-likeness (QED) is 0.492. The van der Waals surface area contributed by atoms with Crippen molar-refractivity contribution >= 4 is 29.3 Å². The van der Waals surface area contributed by atoms with E-state index in [1.54, 1.807) is 31.2 Å². The average molecular weight is 345 g/mol. The lowest BCUT2D eigenvalue weighted by Gasteiger charge is -2.10. The third-order valence-electron chi connectivity index (χ3n) is 2.99. The fraction of sp³-hybridized carbons (Fsp3) is 0.294. The molecule has 0 bridgehead atoms. The monoisotopic (exact) mass is 345 g/mol. The minimum Gasteiger partial charge on any atom is -0.462 e. The summed E-state index contributed by atoms with van der Waals surface area (Å²) in [5.41, 5.74) is 1.64. The minimum atomic E-state index is -0.455. The van der Waals surface area contributed by atoms with Crippen molar-refractivity contribution in [2.75, 3.05) is 17.7 Å². The van der Waals surface area contributed by atoms with E-state index in [0.29, 0.717) is 17.1 Å². The number of para-hydroxylation sites is 1. The molecule has 0 aliphatic carbocycles. The lowest BCUT2D eigenvalue weighted by Crippen LogP contribution is -2.17. The molecule has 2 rings (SSSR count). The Bertz CT molecular complexity index is 729. The summed E-state index contributed by atoms with van der Waals surface area (Å²) in [5.74, 6) is 0.187. The van der Waals surface area contributed by atoms with Crippen molar-refractivity contribution in [3.63, 3.8) is 0 Å². The van der Waals surface area contributed by atoms with Gasteiger partial charge in [0.2, 0.25) is 5.91 Å². The fourth-order valence-electron chi connectivity index (χ4n) is 2.06. The van der Waals surface area contributed by atoms with E-state index in [1.165, 1.54) is 11.8 Å². The fourth-order valence-corrected chi connectivity index (χ4v) is 2.86. The van der Waals surface area contributed by atoms with Crippen LogP contribution in [0.3, 0.4) is 0 Å². The highest BCUT2D eigenvalue weighted by Gasteiger charge is 2.14. The van der Waals surface area contributed by atoms with E-state index in [9.17, 15) is 9.59 Å². The zero-order chi connectivity index (χ0) is 17.5. The van der Waals surface area contributed by atoms with E-state index in [-0.39, 0.29) is 18.3 Å². The number of anilines is 1. The predicted molar refractivity (Wildman–Crippen MR) is 93.3 cm³/mol. The highest BCUT2D eigenvalue weighted by atomic mass is 32.2. The summed E-state index contributed by atoms with van der Waals surface area (Å²) >= 11 is 1.32. The Hall–Kier alpha value is -2.41. The molecule has 0 atom stereocenters. The van der Waals surface area contributed by atoms with E-state index in [4.69, 9.17) is 4.74 Å². The minimum absolute atomic E-state index is 0.188. The number of benzene rings is 1. The number of aromatic nitrogens is 2. The molecular formula is C17H19N3O3S. The van der Waals surface area contributed by atoms with Crippen molar-refractivity contribution in [1.82, 2.24) is 9.97 Å². The molecule has 1 amide bonds. The second-order valence-electron chi connectivity index (χ2n) is 5.00. The van der Waals surface area contributed by atoms with Gasteiger partial charge in [-0.05, 0) is 39.0 Å². The molecule has 0 radical (unpaired) electrons. The van der Waals surface area contributed by atoms with Gasteiger partial charge < -0.3 is 10.1 Å². The van der Waals surface area contributed by atoms with Crippen LogP contribution in [0.1, 0.15) is 28.8 Å². The van der Waals surface area contributed by atoms with Crippen LogP contribution in [0.15, 0.2) is 35.4 Å². The van der Waals surface area contributed by atoms with Gasteiger partial charge in [-0.15, -0.1) is 0 Å². The number of ether oxygens (including phenoxy) is 1. The molecule has 0 saturated carbocycles. The van der Waals surface area contributed by atoms with Gasteiger partial charge in [0, 0.05) is 5.69 Å². The summed E-state index contributed by atoms with van der Waals surface area (Å²) in [6.45, 7) is 5.71. The second-order valence-corrected chi connectivity index (χ2v) is 5.99. The summed E-state index contributed by atoms with van der Waals surface area (Å²) in [5, 5.41) is 3.49. The van der Waals surface area contributed by atoms with Crippen LogP contribution < -0.4 is 5.32 Å². The standard InChI is InChI=1S/C17H19N3O3S/c1-4-23-17(22)13-7-5-6-8-14(13)20-15(21)10-24-16-9-11(2)18-12(3)19-16/h5-9H,4,10H2,1-3H3,(H,20,21). The summed E-state index contributed by atoms with van der Waals surface area (Å²) in [6, 6.07) is 8.61. The molecule has 1 N–H and O–H groups in total. The largest absolute Gasteiger partial charge is 0.462 e. The maximum Gasteiger partial charge on any atom is 0.340 e. The van der Waals surface area contributed by atoms with E-state index in [2.05, 4.69) is 15.3 Å². The molecule has 0 spiro atoms. The molecule has 0 unspecified atom stereocenters. The van der Waals surface area contributed by atoms with E-state index >= 15 is 0 Å². The Labute approximate surface area is 145 Å². The normalized spacial score (nSPS) is 10.3. The van der Waals surface area contributed by atoms with Gasteiger partial charge >= 0.3 is 5.97 Å². The van der Waals surface area contributed by atoms with Crippen LogP contribution in [-0.4, -0.2) is 34.2 Å². The van der Waals surface area contributed by atoms with Gasteiger partial charge in [-0.3, -0.25) is 4.79 Å². The lowest BCUT2D eigenvalue weighted by atomic mass is 10.2. The first kappa shape index (κ1) is 17.9. The van der Waals surface area contributed by atoms with E-state index in [1.807, 2.05) is 19.9 Å². The third-order valence-corrected chi connectivity index (χ3v) is 3.90. The van der Waals surface area contributed by atoms with Crippen molar-refractivity contribution < 1.29 is 14.3 Å². The maximum atomic E-state index is 12.2. The first-order valence-corrected chi connectivity index (χ1v) is 8.49. The highest BCUT2D eigenvalue weighted by Crippen LogP contribution is 2.19. The van der Waals surface area contributed by atoms with Gasteiger partial charge in [0.25, 0.3) is 0 Å². The van der Waals surface area contributed by atoms with Crippen molar-refractivity contribution in [2.45, 2.75) is 25.8 Å². The number of rotatable bonds is 6. The average Bonchev–Trinajstić information content (AvgIpc) is 2.53. The molecule has 6 nitrogen and oxygen atoms in total. The smallest absolute Gasteiger partial charge is 0.340 e. The van der Waals surface area contributed by atoms with Crippen LogP contribution in [-0.2, 0) is 9.53 Å². The number of nitrogens with zero attached hydrogens (tertiary/aromatic N) is 2. The number of esters is 1. The van der Waals surface area contributed by atoms with Crippen molar-refractivity contribution in [2.24, 2.45) is 0 Å². The van der Waals surface area contributed by atoms with Gasteiger partial charge in [-0.2, -0.15) is 0 Å². The van der Waals surface area contributed by atoms with Gasteiger partial charge in [-0.1, -0.05) is 23.9 Å². The zero-order valence-electron chi connectivity index (χ0n) is 13.8. The SMILES string of the molecule is CCOC(=O)c1ccccc1NC(=O)CSc1cc(C)nc(C)n1. The molecule has 0 aliphatic rings. The number of hydrogen-bond acceptors (Lipinski definition) is 6. The van der Waals surface area contributed by atoms with Gasteiger partial charge in [0.05, 0.1) is 23.6 Å². The van der Waals surface area contributed by atoms with Crippen LogP contribution in [0.5, 0.6) is 0 Å². The zero-order valence-corrected chi connectivity index (χ0v) is 14.6. The van der Waals surface area contributed by atoms with Gasteiger partial charge in [0.15, 0.2) is 0 Å². The predicted octanol–water partition coefficient (Wildman–Crippen LogP) is 3.00. The number of nitrogens with one attached hydrogen (secondary N) is 1. The lowest BCUT2D eigenvalue weighted by molar-refractivity contribution is -0.113. The molecule has 2 aromatic rings. The number of thioether (sulfide) groups is 1. The Morgan fingerprint density at radius 3 is 2.67 bits per heavy atom. The molecule has 1 aromatic heterocycles. The topological polar surface area (TPSA) is 81.2 Å². The third kappa shape index (κ3) is 5.06. The summed E-state index contributed by atoms with van der Waals surface area (Å²) in [6.07, 6.45) is 0. The molecule has 0 saturated heterocycles. The Morgan fingerprint density at radius 2 is 1.96 bits per heavy atom. The molecule has 1 aromatic carbocycles. The number of aryl methyl sites for hydroxylation is 2. The molecule has 24 heavy (non-hydrogen) atoms. The molecular weight excluding hydrogens is 326 g/mol. The Balaban J connectivity index is 2.01. The molecule has 1 heterocycles. The van der Waals surface area contributed by atoms with Gasteiger partial charge in [-0.25, -0.2) is 14.8 Å². The highest BCUT2D eigenvalue weighted by molar-refractivity contribution is 7.99. The van der Waals surface area contributed by atoms with Crippen molar-refractivity contribution in [3.8, 4) is 0 Å². The summed E-state index contributed by atoms with van der Waals surface area (Å²) in [7, 11) is 0. The summed E-state index contributed by atoms with van der Waals surface area (Å²) < 4.78 is 4.99. The first-order chi connectivity index (χ1) is 11.5. The number of amides is 1. The Morgan fingerprint density at radius 1 is 1.21 bits per heavy atom. The van der Waals surface area contributed by atoms with E-state index < -0.39 is 5.97 Å². The van der Waals surface area contributed by atoms with Crippen LogP contribution in [0.2, 0.25) is 0 Å². The van der Waals surface area contributed by atoms with Crippen molar-refractivity contribution in [3.05, 3.63) is 47.4 Å². The Kier molecular flexibility index (Phi) is 6.31. The van der Waals surface area contributed by atoms with Gasteiger partial charge in [0.1, 0.15) is 10.9 Å². The maximum absolute atomic E-state index is 12.2. The second kappa shape index (κ2) is 8.44. The van der Waals surface area contributed by atoms with Crippen molar-refractivity contribution in [1.29, 1.82) is 0 Å². The molecule has 7 heteroatoms. The van der Waals surface area contributed by atoms with E-state index in [0.717, 1.165) is 10.7 Å². The van der Waals surface area contributed by atoms with Crippen LogP contribution in [0.25, 0.3) is 0 Å². The molecule has 0 fully saturated rings. The number of hydrogen-bond donors (Lipinski definition) is 1. The van der Waals surface area contributed by atoms with Crippen LogP contribution in [0.4, 0.5) is 5.69 Å². The van der Waals surface area contributed by atoms with Crippen LogP contribution >= 0.6 is 11.8 Å². The van der Waals surface area contributed by atoms with Crippen LogP contribution in [0, 0.1) is 13.8 Å². The first-order valence-electron chi connectivity index (χ1n) is 7.50.